The van der Waals surface area contributed by atoms with Crippen LogP contribution in [0.3, 0.4) is 0 Å². The number of pyridine rings is 1. The molecule has 0 radical (unpaired) electrons. The second kappa shape index (κ2) is 4.42. The lowest BCUT2D eigenvalue weighted by Crippen LogP contribution is -2.35. The van der Waals surface area contributed by atoms with Gasteiger partial charge in [-0.15, -0.1) is 11.3 Å². The summed E-state index contributed by atoms with van der Waals surface area (Å²) in [5, 5.41) is 2.09. The van der Waals surface area contributed by atoms with Gasteiger partial charge in [-0.1, -0.05) is 0 Å². The number of nitrogens with zero attached hydrogens (tertiary/aromatic N) is 2. The third-order valence-corrected chi connectivity index (χ3v) is 4.15. The normalized spacial score (nSPS) is 14.3. The number of hydrogen-bond acceptors (Lipinski definition) is 4. The first-order chi connectivity index (χ1) is 8.74. The molecule has 0 aliphatic carbocycles. The Morgan fingerprint density at radius 1 is 1.44 bits per heavy atom. The van der Waals surface area contributed by atoms with Gasteiger partial charge in [0.2, 0.25) is 0 Å². The second-order valence-electron chi connectivity index (χ2n) is 4.32. The molecule has 1 aliphatic heterocycles. The fourth-order valence-electron chi connectivity index (χ4n) is 2.19. The molecule has 0 saturated carbocycles. The second-order valence-corrected chi connectivity index (χ2v) is 5.32. The Bertz CT molecular complexity index is 593. The zero-order chi connectivity index (χ0) is 12.5. The quantitative estimate of drug-likeness (QED) is 0.851. The van der Waals surface area contributed by atoms with E-state index < -0.39 is 0 Å². The van der Waals surface area contributed by atoms with E-state index in [0.29, 0.717) is 17.9 Å². The minimum Gasteiger partial charge on any atom is -0.384 e. The maximum Gasteiger partial charge on any atom is 0.254 e. The van der Waals surface area contributed by atoms with Crippen LogP contribution in [0, 0.1) is 0 Å². The lowest BCUT2D eigenvalue weighted by molar-refractivity contribution is 0.0736. The number of fused-ring (bicyclic) bond motifs is 1. The monoisotopic (exact) mass is 259 g/mol. The molecule has 5 heteroatoms. The Hall–Kier alpha value is -1.88. The van der Waals surface area contributed by atoms with Gasteiger partial charge in [-0.3, -0.25) is 4.79 Å². The van der Waals surface area contributed by atoms with E-state index in [2.05, 4.69) is 16.4 Å². The number of hydrogen-bond donors (Lipinski definition) is 1. The van der Waals surface area contributed by atoms with Crippen LogP contribution in [-0.4, -0.2) is 22.3 Å². The fourth-order valence-corrected chi connectivity index (χ4v) is 3.08. The number of rotatable bonds is 1. The molecule has 2 aromatic rings. The summed E-state index contributed by atoms with van der Waals surface area (Å²) < 4.78 is 0. The van der Waals surface area contributed by atoms with Crippen molar-refractivity contribution < 1.29 is 4.79 Å². The number of aromatic nitrogens is 1. The van der Waals surface area contributed by atoms with E-state index in [0.717, 1.165) is 13.0 Å². The predicted molar refractivity (Wildman–Crippen MR) is 71.4 cm³/mol. The van der Waals surface area contributed by atoms with Crippen LogP contribution in [-0.2, 0) is 13.0 Å². The van der Waals surface area contributed by atoms with Gasteiger partial charge in [-0.25, -0.2) is 4.98 Å². The van der Waals surface area contributed by atoms with Crippen LogP contribution >= 0.6 is 11.3 Å². The summed E-state index contributed by atoms with van der Waals surface area (Å²) in [7, 11) is 0. The van der Waals surface area contributed by atoms with Crippen molar-refractivity contribution >= 4 is 23.1 Å². The molecule has 0 aromatic carbocycles. The molecule has 0 saturated heterocycles. The molecule has 2 N–H and O–H groups in total. The number of thiophene rings is 1. The first-order valence-electron chi connectivity index (χ1n) is 5.80. The summed E-state index contributed by atoms with van der Waals surface area (Å²) in [6.45, 7) is 1.47. The molecule has 2 aromatic heterocycles. The smallest absolute Gasteiger partial charge is 0.254 e. The molecule has 0 unspecified atom stereocenters. The Balaban J connectivity index is 1.83. The van der Waals surface area contributed by atoms with Gasteiger partial charge in [0.25, 0.3) is 5.91 Å². The van der Waals surface area contributed by atoms with Crippen LogP contribution in [0.25, 0.3) is 0 Å². The molecular weight excluding hydrogens is 246 g/mol. The van der Waals surface area contributed by atoms with Crippen molar-refractivity contribution in [1.29, 1.82) is 0 Å². The van der Waals surface area contributed by atoms with Gasteiger partial charge in [-0.2, -0.15) is 0 Å². The van der Waals surface area contributed by atoms with E-state index in [4.69, 9.17) is 5.73 Å². The largest absolute Gasteiger partial charge is 0.384 e. The highest BCUT2D eigenvalue weighted by Crippen LogP contribution is 2.25. The third-order valence-electron chi connectivity index (χ3n) is 3.12. The topological polar surface area (TPSA) is 59.2 Å². The van der Waals surface area contributed by atoms with Gasteiger partial charge >= 0.3 is 0 Å². The van der Waals surface area contributed by atoms with E-state index in [-0.39, 0.29) is 5.91 Å². The Kier molecular flexibility index (Phi) is 2.76. The Labute approximate surface area is 109 Å². The minimum atomic E-state index is 0.0287. The minimum absolute atomic E-state index is 0.0287. The molecule has 3 rings (SSSR count). The molecule has 3 heterocycles. The van der Waals surface area contributed by atoms with Crippen molar-refractivity contribution in [2.24, 2.45) is 0 Å². The molecule has 0 atom stereocenters. The zero-order valence-electron chi connectivity index (χ0n) is 9.80. The van der Waals surface area contributed by atoms with Gasteiger partial charge < -0.3 is 10.6 Å². The van der Waals surface area contributed by atoms with Crippen LogP contribution in [0.1, 0.15) is 20.8 Å². The summed E-state index contributed by atoms with van der Waals surface area (Å²) in [5.41, 5.74) is 7.48. The van der Waals surface area contributed by atoms with Gasteiger partial charge in [0.1, 0.15) is 5.82 Å². The number of carbonyl (C=O) groups is 1. The predicted octanol–water partition coefficient (Wildman–Crippen LogP) is 1.92. The lowest BCUT2D eigenvalue weighted by Gasteiger charge is -2.27. The average Bonchev–Trinajstić information content (AvgIpc) is 2.85. The molecule has 1 amide bonds. The van der Waals surface area contributed by atoms with E-state index in [9.17, 15) is 4.79 Å². The molecule has 0 fully saturated rings. The summed E-state index contributed by atoms with van der Waals surface area (Å²) in [5.74, 6) is 0.412. The number of carbonyl (C=O) groups excluding carboxylic acids is 1. The van der Waals surface area contributed by atoms with E-state index in [1.165, 1.54) is 10.4 Å². The maximum absolute atomic E-state index is 12.3. The van der Waals surface area contributed by atoms with Gasteiger partial charge in [0.15, 0.2) is 0 Å². The van der Waals surface area contributed by atoms with Crippen LogP contribution in [0.4, 0.5) is 5.82 Å². The molecule has 0 spiro atoms. The molecule has 92 valence electrons. The summed E-state index contributed by atoms with van der Waals surface area (Å²) in [4.78, 5) is 19.5. The number of nitrogens with two attached hydrogens (primary N) is 1. The van der Waals surface area contributed by atoms with Crippen molar-refractivity contribution in [3.63, 3.8) is 0 Å². The SMILES string of the molecule is Nc1cc(C(=O)N2CCc3sccc3C2)ccn1. The standard InChI is InChI=1S/C13H13N3OS/c14-12-7-9(1-4-15-12)13(17)16-5-2-11-10(8-16)3-6-18-11/h1,3-4,6-7H,2,5,8H2,(H2,14,15). The highest BCUT2D eigenvalue weighted by Gasteiger charge is 2.22. The van der Waals surface area contributed by atoms with E-state index in [1.807, 2.05) is 4.90 Å². The number of amides is 1. The number of anilines is 1. The first kappa shape index (κ1) is 11.2. The number of nitrogen functional groups attached to an aromatic ring is 1. The Morgan fingerprint density at radius 3 is 3.17 bits per heavy atom. The van der Waals surface area contributed by atoms with Crippen molar-refractivity contribution in [1.82, 2.24) is 9.88 Å². The van der Waals surface area contributed by atoms with Crippen molar-refractivity contribution in [3.8, 4) is 0 Å². The highest BCUT2D eigenvalue weighted by molar-refractivity contribution is 7.10. The molecule has 1 aliphatic rings. The fraction of sp³-hybridized carbons (Fsp3) is 0.231. The first-order valence-corrected chi connectivity index (χ1v) is 6.68. The van der Waals surface area contributed by atoms with E-state index in [1.54, 1.807) is 29.7 Å². The van der Waals surface area contributed by atoms with Crippen LogP contribution in [0.5, 0.6) is 0 Å². The van der Waals surface area contributed by atoms with Gasteiger partial charge in [-0.05, 0) is 35.6 Å². The average molecular weight is 259 g/mol. The summed E-state index contributed by atoms with van der Waals surface area (Å²) >= 11 is 1.77. The van der Waals surface area contributed by atoms with Crippen molar-refractivity contribution in [2.75, 3.05) is 12.3 Å². The molecule has 18 heavy (non-hydrogen) atoms. The van der Waals surface area contributed by atoms with Gasteiger partial charge in [0.05, 0.1) is 0 Å². The van der Waals surface area contributed by atoms with Gasteiger partial charge in [0, 0.05) is 29.7 Å². The van der Waals surface area contributed by atoms with Crippen molar-refractivity contribution in [2.45, 2.75) is 13.0 Å². The highest BCUT2D eigenvalue weighted by atomic mass is 32.1. The third kappa shape index (κ3) is 1.97. The maximum atomic E-state index is 12.3. The lowest BCUT2D eigenvalue weighted by atomic mass is 10.1. The summed E-state index contributed by atoms with van der Waals surface area (Å²) in [6, 6.07) is 5.44. The molecule has 4 nitrogen and oxygen atoms in total. The van der Waals surface area contributed by atoms with Crippen molar-refractivity contribution in [3.05, 3.63) is 45.8 Å². The van der Waals surface area contributed by atoms with Crippen LogP contribution in [0.15, 0.2) is 29.8 Å². The molecule has 0 bridgehead atoms. The van der Waals surface area contributed by atoms with Crippen LogP contribution in [0.2, 0.25) is 0 Å². The van der Waals surface area contributed by atoms with E-state index >= 15 is 0 Å². The zero-order valence-corrected chi connectivity index (χ0v) is 10.6. The summed E-state index contributed by atoms with van der Waals surface area (Å²) in [6.07, 6.45) is 2.52. The Morgan fingerprint density at radius 2 is 2.33 bits per heavy atom. The molecular formula is C13H13N3OS. The van der Waals surface area contributed by atoms with Crippen LogP contribution < -0.4 is 5.73 Å².